The van der Waals surface area contributed by atoms with E-state index in [4.69, 9.17) is 17.0 Å². The molecule has 0 spiro atoms. The highest BCUT2D eigenvalue weighted by Crippen LogP contribution is 2.12. The molecule has 0 aliphatic heterocycles. The number of rotatable bonds is 6. The number of hydrogen-bond acceptors (Lipinski definition) is 5. The summed E-state index contributed by atoms with van der Waals surface area (Å²) in [5.41, 5.74) is 1.42. The third-order valence-electron chi connectivity index (χ3n) is 3.42. The minimum Gasteiger partial charge on any atom is -0.478 e. The molecule has 8 heteroatoms. The Balaban J connectivity index is 1.91. The van der Waals surface area contributed by atoms with E-state index in [2.05, 4.69) is 26.9 Å². The van der Waals surface area contributed by atoms with Gasteiger partial charge in [0.25, 0.3) is 5.56 Å². The topological polar surface area (TPSA) is 88.6 Å². The van der Waals surface area contributed by atoms with Crippen LogP contribution in [0.5, 0.6) is 5.88 Å². The zero-order chi connectivity index (χ0) is 16.2. The lowest BCUT2D eigenvalue weighted by Crippen LogP contribution is -2.15. The predicted octanol–water partition coefficient (Wildman–Crippen LogP) is 2.40. The summed E-state index contributed by atoms with van der Waals surface area (Å²) in [6, 6.07) is 5.61. The first-order valence-electron chi connectivity index (χ1n) is 7.44. The van der Waals surface area contributed by atoms with Gasteiger partial charge in [-0.3, -0.25) is 14.3 Å². The quantitative estimate of drug-likeness (QED) is 0.535. The van der Waals surface area contributed by atoms with Crippen molar-refractivity contribution in [2.24, 2.45) is 0 Å². The first-order chi connectivity index (χ1) is 11.2. The molecule has 0 radical (unpaired) electrons. The zero-order valence-corrected chi connectivity index (χ0v) is 13.5. The van der Waals surface area contributed by atoms with Crippen LogP contribution in [0.25, 0.3) is 11.2 Å². The molecule has 3 aromatic heterocycles. The van der Waals surface area contributed by atoms with Gasteiger partial charge < -0.3 is 9.72 Å². The number of ether oxygens (including phenoxy) is 1. The van der Waals surface area contributed by atoms with Crippen LogP contribution >= 0.6 is 12.2 Å². The second kappa shape index (κ2) is 6.74. The molecule has 0 bridgehead atoms. The largest absolute Gasteiger partial charge is 0.478 e. The van der Waals surface area contributed by atoms with E-state index in [0.29, 0.717) is 35.0 Å². The summed E-state index contributed by atoms with van der Waals surface area (Å²) in [7, 11) is 0. The van der Waals surface area contributed by atoms with Crippen molar-refractivity contribution in [3.63, 3.8) is 0 Å². The van der Waals surface area contributed by atoms with Crippen LogP contribution in [0.3, 0.4) is 0 Å². The third-order valence-corrected chi connectivity index (χ3v) is 3.74. The molecule has 0 unspecified atom stereocenters. The number of aromatic nitrogens is 5. The van der Waals surface area contributed by atoms with Gasteiger partial charge >= 0.3 is 0 Å². The van der Waals surface area contributed by atoms with Crippen LogP contribution in [0.4, 0.5) is 0 Å². The number of imidazole rings is 1. The van der Waals surface area contributed by atoms with Crippen molar-refractivity contribution in [1.29, 1.82) is 0 Å². The van der Waals surface area contributed by atoms with Gasteiger partial charge in [0.1, 0.15) is 5.52 Å². The van der Waals surface area contributed by atoms with Gasteiger partial charge in [-0.25, -0.2) is 9.97 Å². The van der Waals surface area contributed by atoms with Gasteiger partial charge in [-0.2, -0.15) is 0 Å². The molecule has 0 saturated heterocycles. The second-order valence-electron chi connectivity index (χ2n) is 5.12. The molecular weight excluding hydrogens is 314 g/mol. The molecule has 0 aliphatic carbocycles. The highest BCUT2D eigenvalue weighted by Gasteiger charge is 2.09. The molecule has 2 N–H and O–H groups in total. The number of fused-ring (bicyclic) bond motifs is 1. The average Bonchev–Trinajstić information content (AvgIpc) is 3.02. The van der Waals surface area contributed by atoms with Crippen molar-refractivity contribution in [3.8, 4) is 5.88 Å². The van der Waals surface area contributed by atoms with E-state index in [1.165, 1.54) is 6.33 Å². The van der Waals surface area contributed by atoms with E-state index >= 15 is 0 Å². The Morgan fingerprint density at radius 1 is 1.39 bits per heavy atom. The Bertz CT molecular complexity index is 927. The van der Waals surface area contributed by atoms with Crippen LogP contribution in [0, 0.1) is 4.77 Å². The molecule has 23 heavy (non-hydrogen) atoms. The zero-order valence-electron chi connectivity index (χ0n) is 12.7. The first-order valence-corrected chi connectivity index (χ1v) is 7.85. The van der Waals surface area contributed by atoms with Crippen LogP contribution in [-0.2, 0) is 6.54 Å². The highest BCUT2D eigenvalue weighted by molar-refractivity contribution is 7.71. The van der Waals surface area contributed by atoms with E-state index in [0.717, 1.165) is 18.5 Å². The minimum absolute atomic E-state index is 0.275. The summed E-state index contributed by atoms with van der Waals surface area (Å²) in [5.74, 6) is 0.588. The molecule has 0 saturated carbocycles. The lowest BCUT2D eigenvalue weighted by Gasteiger charge is -2.09. The fraction of sp³-hybridized carbons (Fsp3) is 0.333. The van der Waals surface area contributed by atoms with Gasteiger partial charge in [-0.1, -0.05) is 19.4 Å². The van der Waals surface area contributed by atoms with Crippen molar-refractivity contribution in [1.82, 2.24) is 24.5 Å². The lowest BCUT2D eigenvalue weighted by molar-refractivity contribution is 0.297. The summed E-state index contributed by atoms with van der Waals surface area (Å²) in [5, 5.41) is 0. The van der Waals surface area contributed by atoms with Gasteiger partial charge in [0.2, 0.25) is 5.88 Å². The molecule has 0 aliphatic rings. The number of hydrogen-bond donors (Lipinski definition) is 2. The molecule has 0 amide bonds. The first kappa shape index (κ1) is 15.4. The van der Waals surface area contributed by atoms with E-state index < -0.39 is 0 Å². The van der Waals surface area contributed by atoms with Gasteiger partial charge in [0, 0.05) is 6.07 Å². The van der Waals surface area contributed by atoms with Crippen LogP contribution < -0.4 is 10.3 Å². The summed E-state index contributed by atoms with van der Waals surface area (Å²) in [6.45, 7) is 3.16. The molecule has 120 valence electrons. The number of pyridine rings is 1. The molecule has 0 fully saturated rings. The molecular formula is C15H17N5O2S. The Morgan fingerprint density at radius 3 is 3.09 bits per heavy atom. The lowest BCUT2D eigenvalue weighted by atomic mass is 10.3. The predicted molar refractivity (Wildman–Crippen MR) is 89.3 cm³/mol. The van der Waals surface area contributed by atoms with E-state index in [9.17, 15) is 4.79 Å². The molecule has 3 heterocycles. The van der Waals surface area contributed by atoms with Crippen molar-refractivity contribution in [3.05, 3.63) is 45.3 Å². The van der Waals surface area contributed by atoms with Crippen LogP contribution in [0.1, 0.15) is 25.5 Å². The van der Waals surface area contributed by atoms with Crippen LogP contribution in [0.15, 0.2) is 29.3 Å². The van der Waals surface area contributed by atoms with Crippen molar-refractivity contribution in [2.75, 3.05) is 6.61 Å². The molecule has 0 aromatic carbocycles. The Kier molecular flexibility index (Phi) is 4.52. The molecule has 7 nitrogen and oxygen atoms in total. The minimum atomic E-state index is -0.275. The SMILES string of the molecule is CCCCOc1cccc(Cn2c(=S)[nH]c(=O)c3[nH]cnc32)n1. The number of nitrogens with one attached hydrogen (secondary N) is 2. The number of aromatic amines is 2. The number of nitrogens with zero attached hydrogens (tertiary/aromatic N) is 3. The fourth-order valence-corrected chi connectivity index (χ4v) is 2.48. The Labute approximate surface area is 137 Å². The average molecular weight is 331 g/mol. The van der Waals surface area contributed by atoms with Gasteiger partial charge in [-0.05, 0) is 24.7 Å². The third kappa shape index (κ3) is 3.31. The maximum Gasteiger partial charge on any atom is 0.277 e. The van der Waals surface area contributed by atoms with Gasteiger partial charge in [0.05, 0.1) is 25.2 Å². The maximum absolute atomic E-state index is 11.8. The summed E-state index contributed by atoms with van der Waals surface area (Å²) >= 11 is 5.25. The summed E-state index contributed by atoms with van der Waals surface area (Å²) in [4.78, 5) is 25.9. The Morgan fingerprint density at radius 2 is 2.26 bits per heavy atom. The number of unbranched alkanes of at least 4 members (excludes halogenated alkanes) is 1. The maximum atomic E-state index is 11.8. The fourth-order valence-electron chi connectivity index (χ4n) is 2.24. The molecule has 3 rings (SSSR count). The number of H-pyrrole nitrogens is 2. The van der Waals surface area contributed by atoms with E-state index in [1.54, 1.807) is 4.57 Å². The van der Waals surface area contributed by atoms with Crippen LogP contribution in [0.2, 0.25) is 0 Å². The van der Waals surface area contributed by atoms with Gasteiger partial charge in [-0.15, -0.1) is 0 Å². The monoisotopic (exact) mass is 331 g/mol. The second-order valence-corrected chi connectivity index (χ2v) is 5.50. The van der Waals surface area contributed by atoms with Crippen molar-refractivity contribution in [2.45, 2.75) is 26.3 Å². The van der Waals surface area contributed by atoms with E-state index in [1.807, 2.05) is 18.2 Å². The smallest absolute Gasteiger partial charge is 0.277 e. The van der Waals surface area contributed by atoms with Crippen molar-refractivity contribution < 1.29 is 4.74 Å². The van der Waals surface area contributed by atoms with Gasteiger partial charge in [0.15, 0.2) is 10.4 Å². The summed E-state index contributed by atoms with van der Waals surface area (Å²) in [6.07, 6.45) is 3.54. The molecule has 3 aromatic rings. The molecule has 0 atom stereocenters. The van der Waals surface area contributed by atoms with E-state index in [-0.39, 0.29) is 5.56 Å². The normalized spacial score (nSPS) is 11.0. The van der Waals surface area contributed by atoms with Crippen LogP contribution in [-0.4, -0.2) is 31.1 Å². The highest BCUT2D eigenvalue weighted by atomic mass is 32.1. The van der Waals surface area contributed by atoms with Crippen molar-refractivity contribution >= 4 is 23.4 Å². The summed E-state index contributed by atoms with van der Waals surface area (Å²) < 4.78 is 7.67. The Hall–Kier alpha value is -2.48. The standard InChI is InChI=1S/C15H17N5O2S/c1-2-3-7-22-11-6-4-5-10(18-11)8-20-13-12(16-9-17-13)14(21)19-15(20)23/h4-6,9H,2-3,7-8H2,1H3,(H,16,17)(H,19,21,23).